The Kier molecular flexibility index (Phi) is 6.65. The average Bonchev–Trinajstić information content (AvgIpc) is 3.75. The van der Waals surface area contributed by atoms with Crippen molar-refractivity contribution in [3.8, 4) is 11.1 Å². The molecule has 2 aromatic carbocycles. The molecule has 4 saturated carbocycles. The van der Waals surface area contributed by atoms with Crippen LogP contribution in [0.4, 0.5) is 16.8 Å². The summed E-state index contributed by atoms with van der Waals surface area (Å²) in [4.78, 5) is 34.9. The summed E-state index contributed by atoms with van der Waals surface area (Å²) in [5.41, 5.74) is 4.77. The summed E-state index contributed by atoms with van der Waals surface area (Å²) >= 11 is 1.41. The van der Waals surface area contributed by atoms with Crippen molar-refractivity contribution in [3.05, 3.63) is 83.8 Å². The first-order valence-corrected chi connectivity index (χ1v) is 17.3. The van der Waals surface area contributed by atoms with Gasteiger partial charge in [-0.15, -0.1) is 5.10 Å². The fourth-order valence-corrected chi connectivity index (χ4v) is 9.93. The molecule has 12 heteroatoms. The van der Waals surface area contributed by atoms with Crippen molar-refractivity contribution >= 4 is 55.8 Å². The Morgan fingerprint density at radius 3 is 2.50 bits per heavy atom. The zero-order valence-electron chi connectivity index (χ0n) is 26.4. The Morgan fingerprint density at radius 1 is 0.979 bits per heavy atom. The molecule has 4 bridgehead atoms. The molecule has 11 nitrogen and oxygen atoms in total. The summed E-state index contributed by atoms with van der Waals surface area (Å²) in [6, 6.07) is 16.5. The number of amides is 1. The van der Waals surface area contributed by atoms with Gasteiger partial charge in [-0.3, -0.25) is 14.8 Å². The highest BCUT2D eigenvalue weighted by molar-refractivity contribution is 7.22. The van der Waals surface area contributed by atoms with Gasteiger partial charge in [-0.1, -0.05) is 29.5 Å². The molecule has 4 aliphatic rings. The highest BCUT2D eigenvalue weighted by Crippen LogP contribution is 2.60. The lowest BCUT2D eigenvalue weighted by Gasteiger charge is -2.56. The molecular formula is C36H34N8O3S. The molecule has 0 atom stereocenters. The van der Waals surface area contributed by atoms with E-state index < -0.39 is 5.97 Å². The number of rotatable bonds is 8. The van der Waals surface area contributed by atoms with Crippen molar-refractivity contribution in [3.63, 3.8) is 0 Å². The molecule has 4 heterocycles. The normalized spacial score (nSPS) is 22.8. The number of carbonyl (C=O) groups excluding carboxylic acids is 1. The van der Waals surface area contributed by atoms with Crippen LogP contribution in [-0.4, -0.2) is 46.3 Å². The Bertz CT molecular complexity index is 2180. The minimum atomic E-state index is -1.09. The molecule has 4 fully saturated rings. The predicted octanol–water partition coefficient (Wildman–Crippen LogP) is 7.42. The molecule has 0 radical (unpaired) electrons. The Labute approximate surface area is 280 Å². The summed E-state index contributed by atoms with van der Waals surface area (Å²) < 4.78 is 4.56. The van der Waals surface area contributed by atoms with E-state index in [0.29, 0.717) is 27.4 Å². The number of nitrogens with one attached hydrogen (secondary N) is 2. The van der Waals surface area contributed by atoms with Crippen molar-refractivity contribution in [2.45, 2.75) is 52.0 Å². The number of pyridine rings is 1. The van der Waals surface area contributed by atoms with Crippen molar-refractivity contribution in [2.75, 3.05) is 10.6 Å². The summed E-state index contributed by atoms with van der Waals surface area (Å²) in [5.74, 6) is 1.40. The lowest BCUT2D eigenvalue weighted by Crippen LogP contribution is -2.48. The molecule has 1 amide bonds. The maximum atomic E-state index is 13.1. The van der Waals surface area contributed by atoms with Crippen LogP contribution in [0, 0.1) is 30.1 Å². The quantitative estimate of drug-likeness (QED) is 0.154. The number of fused-ring (bicyclic) bond motifs is 2. The van der Waals surface area contributed by atoms with Crippen LogP contribution in [0.5, 0.6) is 0 Å². The van der Waals surface area contributed by atoms with Gasteiger partial charge in [0, 0.05) is 40.8 Å². The van der Waals surface area contributed by atoms with Gasteiger partial charge in [-0.05, 0) is 105 Å². The van der Waals surface area contributed by atoms with Gasteiger partial charge in [0.2, 0.25) is 5.95 Å². The first-order chi connectivity index (χ1) is 23.3. The molecule has 10 rings (SSSR count). The number of carboxylic acid groups (broad SMARTS) is 1. The van der Waals surface area contributed by atoms with Crippen molar-refractivity contribution in [2.24, 2.45) is 23.2 Å². The fraction of sp³-hybridized carbons (Fsp3) is 0.333. The average molecular weight is 659 g/mol. The lowest BCUT2D eigenvalue weighted by molar-refractivity contribution is -0.0638. The van der Waals surface area contributed by atoms with Crippen LogP contribution in [0.15, 0.2) is 67.0 Å². The molecule has 0 saturated heterocycles. The molecule has 0 spiro atoms. The van der Waals surface area contributed by atoms with Gasteiger partial charge < -0.3 is 10.4 Å². The van der Waals surface area contributed by atoms with Crippen molar-refractivity contribution in [1.82, 2.24) is 29.4 Å². The van der Waals surface area contributed by atoms with Crippen LogP contribution >= 0.6 is 11.3 Å². The number of thiazole rings is 1. The van der Waals surface area contributed by atoms with Gasteiger partial charge in [-0.25, -0.2) is 14.3 Å². The molecule has 4 aromatic heterocycles. The molecular weight excluding hydrogens is 625 g/mol. The van der Waals surface area contributed by atoms with E-state index in [4.69, 9.17) is 5.10 Å². The molecule has 3 N–H and O–H groups in total. The lowest BCUT2D eigenvalue weighted by atomic mass is 9.49. The van der Waals surface area contributed by atoms with Crippen LogP contribution in [0.2, 0.25) is 0 Å². The van der Waals surface area contributed by atoms with Gasteiger partial charge in [-0.2, -0.15) is 10.1 Å². The van der Waals surface area contributed by atoms with Crippen LogP contribution in [0.25, 0.3) is 27.0 Å². The summed E-state index contributed by atoms with van der Waals surface area (Å²) in [6.07, 6.45) is 11.6. The number of benzene rings is 2. The van der Waals surface area contributed by atoms with E-state index in [2.05, 4.69) is 30.4 Å². The van der Waals surface area contributed by atoms with Gasteiger partial charge >= 0.3 is 5.97 Å². The number of para-hydroxylation sites is 1. The Balaban J connectivity index is 0.972. The summed E-state index contributed by atoms with van der Waals surface area (Å²) in [7, 11) is 0. The van der Waals surface area contributed by atoms with E-state index >= 15 is 0 Å². The second-order valence-corrected chi connectivity index (χ2v) is 15.0. The zero-order chi connectivity index (χ0) is 32.6. The van der Waals surface area contributed by atoms with Crippen LogP contribution in [0.1, 0.15) is 64.9 Å². The van der Waals surface area contributed by atoms with E-state index in [-0.39, 0.29) is 23.1 Å². The third kappa shape index (κ3) is 5.02. The van der Waals surface area contributed by atoms with Gasteiger partial charge in [0.1, 0.15) is 5.56 Å². The number of nitrogens with zero attached hydrogens (tertiary/aromatic N) is 6. The smallest absolute Gasteiger partial charge is 0.340 e. The van der Waals surface area contributed by atoms with Gasteiger partial charge in [0.25, 0.3) is 5.91 Å². The van der Waals surface area contributed by atoms with Crippen molar-refractivity contribution < 1.29 is 14.7 Å². The van der Waals surface area contributed by atoms with Gasteiger partial charge in [0.05, 0.1) is 16.4 Å². The molecule has 6 aromatic rings. The maximum Gasteiger partial charge on any atom is 0.340 e. The topological polar surface area (TPSA) is 139 Å². The monoisotopic (exact) mass is 658 g/mol. The van der Waals surface area contributed by atoms with Crippen LogP contribution in [0.3, 0.4) is 0 Å². The third-order valence-electron chi connectivity index (χ3n) is 10.7. The van der Waals surface area contributed by atoms with Crippen molar-refractivity contribution in [1.29, 1.82) is 0 Å². The number of anilines is 3. The maximum absolute atomic E-state index is 13.1. The largest absolute Gasteiger partial charge is 0.478 e. The van der Waals surface area contributed by atoms with E-state index in [1.165, 1.54) is 54.4 Å². The zero-order valence-corrected chi connectivity index (χ0v) is 27.2. The number of aromatic nitrogens is 6. The fourth-order valence-electron chi connectivity index (χ4n) is 9.07. The van der Waals surface area contributed by atoms with Crippen LogP contribution in [-0.2, 0) is 6.54 Å². The number of hydrogen-bond acceptors (Lipinski definition) is 8. The Morgan fingerprint density at radius 2 is 1.75 bits per heavy atom. The molecule has 4 aliphatic carbocycles. The minimum absolute atomic E-state index is 0.0690. The van der Waals surface area contributed by atoms with E-state index in [0.717, 1.165) is 45.8 Å². The second-order valence-electron chi connectivity index (χ2n) is 14.0. The van der Waals surface area contributed by atoms with E-state index in [9.17, 15) is 14.7 Å². The second kappa shape index (κ2) is 11.0. The summed E-state index contributed by atoms with van der Waals surface area (Å²) in [6.45, 7) is 2.93. The molecule has 0 aliphatic heterocycles. The highest BCUT2D eigenvalue weighted by Gasteiger charge is 2.51. The van der Waals surface area contributed by atoms with E-state index in [1.54, 1.807) is 42.7 Å². The van der Waals surface area contributed by atoms with E-state index in [1.807, 2.05) is 31.2 Å². The standard InChI is InChI=1S/C36H34N8O3S/c1-20-27(18-37-44(20)19-36-15-21-11-22(16-36)13-23(12-21)17-36)26-9-10-43-31(30(26)33(46)47)40-34(42-43)38-25-6-4-5-24(14-25)32(45)41-35-39-28-7-2-3-8-29(28)48-35/h2-10,14,18,21-23H,11-13,15-17,19H2,1H3,(H,38,42)(H,46,47)(H,39,41,45). The SMILES string of the molecule is Cc1c(-c2ccn3nc(Nc4cccc(C(=O)Nc5nc6ccccc6s5)c4)nc3c2C(=O)O)cnn1CC12CC3CC(CC(C3)C1)C2. The highest BCUT2D eigenvalue weighted by atomic mass is 32.1. The Hall–Kier alpha value is -5.10. The minimum Gasteiger partial charge on any atom is -0.478 e. The van der Waals surface area contributed by atoms with Crippen LogP contribution < -0.4 is 10.6 Å². The number of hydrogen-bond donors (Lipinski definition) is 3. The summed E-state index contributed by atoms with van der Waals surface area (Å²) in [5, 5.41) is 26.3. The first kappa shape index (κ1) is 29.1. The number of carboxylic acids is 1. The molecule has 48 heavy (non-hydrogen) atoms. The van der Waals surface area contributed by atoms with Gasteiger partial charge in [0.15, 0.2) is 10.8 Å². The number of carbonyl (C=O) groups is 2. The third-order valence-corrected chi connectivity index (χ3v) is 11.6. The number of aromatic carboxylic acids is 1. The predicted molar refractivity (Wildman–Crippen MR) is 184 cm³/mol. The first-order valence-electron chi connectivity index (χ1n) is 16.5. The molecule has 0 unspecified atom stereocenters. The molecule has 242 valence electrons.